The minimum absolute atomic E-state index is 0.100. The lowest BCUT2D eigenvalue weighted by molar-refractivity contribution is 0.237. The summed E-state index contributed by atoms with van der Waals surface area (Å²) in [6.45, 7) is 1.02. The summed E-state index contributed by atoms with van der Waals surface area (Å²) in [6.07, 6.45) is 2.64. The normalized spacial score (nSPS) is 18.3. The molecular formula is C14H16FN3O. The van der Waals surface area contributed by atoms with E-state index in [1.807, 2.05) is 0 Å². The maximum Gasteiger partial charge on any atom is 0.138 e. The maximum absolute atomic E-state index is 12.9. The third kappa shape index (κ3) is 2.38. The zero-order chi connectivity index (χ0) is 13.2. The SMILES string of the molecule is OCC1CCCn2c(Cc3ccc(F)cc3)nnc21. The van der Waals surface area contributed by atoms with E-state index in [4.69, 9.17) is 0 Å². The van der Waals surface area contributed by atoms with E-state index in [0.29, 0.717) is 6.42 Å². The second-order valence-electron chi connectivity index (χ2n) is 4.95. The molecule has 100 valence electrons. The molecule has 0 spiro atoms. The van der Waals surface area contributed by atoms with E-state index in [2.05, 4.69) is 14.8 Å². The van der Waals surface area contributed by atoms with Crippen LogP contribution in [0.25, 0.3) is 0 Å². The van der Waals surface area contributed by atoms with Gasteiger partial charge in [-0.25, -0.2) is 4.39 Å². The van der Waals surface area contributed by atoms with Crippen LogP contribution in [-0.4, -0.2) is 26.5 Å². The highest BCUT2D eigenvalue weighted by Gasteiger charge is 2.24. The third-order valence-corrected chi connectivity index (χ3v) is 3.65. The molecule has 0 amide bonds. The van der Waals surface area contributed by atoms with Gasteiger partial charge in [-0.1, -0.05) is 12.1 Å². The van der Waals surface area contributed by atoms with E-state index in [0.717, 1.165) is 36.6 Å². The van der Waals surface area contributed by atoms with Gasteiger partial charge in [-0.2, -0.15) is 0 Å². The zero-order valence-corrected chi connectivity index (χ0v) is 10.6. The number of hydrogen-bond donors (Lipinski definition) is 1. The molecule has 0 radical (unpaired) electrons. The van der Waals surface area contributed by atoms with Crippen molar-refractivity contribution in [3.63, 3.8) is 0 Å². The summed E-state index contributed by atoms with van der Waals surface area (Å²) in [5.41, 5.74) is 1.02. The first-order valence-corrected chi connectivity index (χ1v) is 6.55. The molecule has 1 unspecified atom stereocenters. The molecule has 1 N–H and O–H groups in total. The van der Waals surface area contributed by atoms with Gasteiger partial charge in [0.15, 0.2) is 0 Å². The number of aliphatic hydroxyl groups is 1. The van der Waals surface area contributed by atoms with Crippen LogP contribution in [0, 0.1) is 5.82 Å². The van der Waals surface area contributed by atoms with E-state index in [-0.39, 0.29) is 18.3 Å². The lowest BCUT2D eigenvalue weighted by Crippen LogP contribution is -2.20. The number of rotatable bonds is 3. The summed E-state index contributed by atoms with van der Waals surface area (Å²) in [6, 6.07) is 6.45. The van der Waals surface area contributed by atoms with Crippen molar-refractivity contribution in [2.24, 2.45) is 0 Å². The Morgan fingerprint density at radius 2 is 2.05 bits per heavy atom. The molecule has 0 bridgehead atoms. The summed E-state index contributed by atoms with van der Waals surface area (Å²) in [5, 5.41) is 17.8. The number of halogens is 1. The van der Waals surface area contributed by atoms with Crippen LogP contribution in [-0.2, 0) is 13.0 Å². The first kappa shape index (κ1) is 12.3. The number of aliphatic hydroxyl groups excluding tert-OH is 1. The van der Waals surface area contributed by atoms with Crippen LogP contribution in [0.3, 0.4) is 0 Å². The van der Waals surface area contributed by atoms with Gasteiger partial charge in [0.2, 0.25) is 0 Å². The first-order valence-electron chi connectivity index (χ1n) is 6.55. The molecule has 0 aliphatic carbocycles. The van der Waals surface area contributed by atoms with Crippen LogP contribution in [0.15, 0.2) is 24.3 Å². The van der Waals surface area contributed by atoms with Crippen LogP contribution in [0.2, 0.25) is 0 Å². The third-order valence-electron chi connectivity index (χ3n) is 3.65. The number of aromatic nitrogens is 3. The number of fused-ring (bicyclic) bond motifs is 1. The summed E-state index contributed by atoms with van der Waals surface area (Å²) >= 11 is 0. The molecule has 4 nitrogen and oxygen atoms in total. The Morgan fingerprint density at radius 3 is 2.79 bits per heavy atom. The Hall–Kier alpha value is -1.75. The van der Waals surface area contributed by atoms with Gasteiger partial charge in [0.1, 0.15) is 17.5 Å². The highest BCUT2D eigenvalue weighted by molar-refractivity contribution is 5.21. The van der Waals surface area contributed by atoms with E-state index < -0.39 is 0 Å². The predicted octanol–water partition coefficient (Wildman–Crippen LogP) is 1.88. The average molecular weight is 261 g/mol. The summed E-state index contributed by atoms with van der Waals surface area (Å²) in [5.74, 6) is 1.64. The molecule has 19 heavy (non-hydrogen) atoms. The van der Waals surface area contributed by atoms with Gasteiger partial charge in [-0.05, 0) is 30.5 Å². The van der Waals surface area contributed by atoms with Crippen molar-refractivity contribution < 1.29 is 9.50 Å². The number of nitrogens with zero attached hydrogens (tertiary/aromatic N) is 3. The minimum Gasteiger partial charge on any atom is -0.396 e. The molecule has 1 aliphatic heterocycles. The van der Waals surface area contributed by atoms with Crippen LogP contribution in [0.1, 0.15) is 36.0 Å². The van der Waals surface area contributed by atoms with E-state index >= 15 is 0 Å². The largest absolute Gasteiger partial charge is 0.396 e. The van der Waals surface area contributed by atoms with Crippen LogP contribution in [0.4, 0.5) is 4.39 Å². The molecule has 5 heteroatoms. The van der Waals surface area contributed by atoms with Gasteiger partial charge in [0.05, 0.1) is 6.61 Å². The van der Waals surface area contributed by atoms with Gasteiger partial charge in [-0.15, -0.1) is 10.2 Å². The van der Waals surface area contributed by atoms with Gasteiger partial charge >= 0.3 is 0 Å². The van der Waals surface area contributed by atoms with Crippen molar-refractivity contribution in [3.8, 4) is 0 Å². The second-order valence-corrected chi connectivity index (χ2v) is 4.95. The molecule has 2 heterocycles. The molecule has 1 aromatic carbocycles. The fraction of sp³-hybridized carbons (Fsp3) is 0.429. The molecule has 1 aliphatic rings. The summed E-state index contributed by atoms with van der Waals surface area (Å²) in [7, 11) is 0. The molecular weight excluding hydrogens is 245 g/mol. The van der Waals surface area contributed by atoms with Crippen molar-refractivity contribution in [1.29, 1.82) is 0 Å². The Morgan fingerprint density at radius 1 is 1.26 bits per heavy atom. The lowest BCUT2D eigenvalue weighted by Gasteiger charge is -2.21. The Balaban J connectivity index is 1.86. The quantitative estimate of drug-likeness (QED) is 0.917. The number of benzene rings is 1. The fourth-order valence-corrected chi connectivity index (χ4v) is 2.61. The zero-order valence-electron chi connectivity index (χ0n) is 10.6. The standard InChI is InChI=1S/C14H16FN3O/c15-12-5-3-10(4-6-12)8-13-16-17-14-11(9-19)2-1-7-18(13)14/h3-6,11,19H,1-2,7-9H2. The molecule has 1 atom stereocenters. The van der Waals surface area contributed by atoms with Gasteiger partial charge < -0.3 is 9.67 Å². The second kappa shape index (κ2) is 5.09. The van der Waals surface area contributed by atoms with Gasteiger partial charge in [0.25, 0.3) is 0 Å². The smallest absolute Gasteiger partial charge is 0.138 e. The molecule has 2 aromatic rings. The van der Waals surface area contributed by atoms with Crippen LogP contribution < -0.4 is 0 Å². The van der Waals surface area contributed by atoms with E-state index in [1.165, 1.54) is 12.1 Å². The Kier molecular flexibility index (Phi) is 3.29. The van der Waals surface area contributed by atoms with Crippen molar-refractivity contribution in [2.45, 2.75) is 31.7 Å². The van der Waals surface area contributed by atoms with Crippen molar-refractivity contribution >= 4 is 0 Å². The summed E-state index contributed by atoms with van der Waals surface area (Å²) < 4.78 is 15.0. The number of hydrogen-bond acceptors (Lipinski definition) is 3. The Labute approximate surface area is 110 Å². The summed E-state index contributed by atoms with van der Waals surface area (Å²) in [4.78, 5) is 0. The van der Waals surface area contributed by atoms with Crippen LogP contribution in [0.5, 0.6) is 0 Å². The Bertz CT molecular complexity index is 565. The molecule has 0 saturated carbocycles. The van der Waals surface area contributed by atoms with Crippen molar-refractivity contribution in [3.05, 3.63) is 47.3 Å². The molecule has 0 saturated heterocycles. The highest BCUT2D eigenvalue weighted by Crippen LogP contribution is 2.26. The highest BCUT2D eigenvalue weighted by atomic mass is 19.1. The topological polar surface area (TPSA) is 50.9 Å². The molecule has 1 aromatic heterocycles. The van der Waals surface area contributed by atoms with Crippen molar-refractivity contribution in [1.82, 2.24) is 14.8 Å². The van der Waals surface area contributed by atoms with Crippen LogP contribution >= 0.6 is 0 Å². The maximum atomic E-state index is 12.9. The minimum atomic E-state index is -0.229. The van der Waals surface area contributed by atoms with Gasteiger partial charge in [-0.3, -0.25) is 0 Å². The molecule has 0 fully saturated rings. The average Bonchev–Trinajstić information content (AvgIpc) is 2.84. The van der Waals surface area contributed by atoms with Gasteiger partial charge in [0, 0.05) is 18.9 Å². The van der Waals surface area contributed by atoms with E-state index in [9.17, 15) is 9.50 Å². The van der Waals surface area contributed by atoms with E-state index in [1.54, 1.807) is 12.1 Å². The monoisotopic (exact) mass is 261 g/mol. The fourth-order valence-electron chi connectivity index (χ4n) is 2.61. The molecule has 3 rings (SSSR count). The van der Waals surface area contributed by atoms with Crippen molar-refractivity contribution in [2.75, 3.05) is 6.61 Å². The first-order chi connectivity index (χ1) is 9.28. The predicted molar refractivity (Wildman–Crippen MR) is 68.3 cm³/mol. The lowest BCUT2D eigenvalue weighted by atomic mass is 10.00.